The van der Waals surface area contributed by atoms with E-state index < -0.39 is 0 Å². The van der Waals surface area contributed by atoms with Gasteiger partial charge in [0.2, 0.25) is 5.91 Å². The van der Waals surface area contributed by atoms with E-state index >= 15 is 0 Å². The van der Waals surface area contributed by atoms with Gasteiger partial charge in [0.25, 0.3) is 0 Å². The Hall–Kier alpha value is -0.320. The second kappa shape index (κ2) is 6.42. The zero-order valence-corrected chi connectivity index (χ0v) is 11.3. The molecule has 1 aliphatic rings. The normalized spacial score (nSPS) is 18.2. The lowest BCUT2D eigenvalue weighted by Crippen LogP contribution is -2.53. The average molecular weight is 251 g/mol. The molecule has 0 radical (unpaired) electrons. The third-order valence-electron chi connectivity index (χ3n) is 2.89. The van der Waals surface area contributed by atoms with Gasteiger partial charge in [-0.2, -0.15) is 0 Å². The summed E-state index contributed by atoms with van der Waals surface area (Å²) in [4.78, 5) is 11.6. The minimum atomic E-state index is -0.176. The summed E-state index contributed by atoms with van der Waals surface area (Å²) >= 11 is 0. The highest BCUT2D eigenvalue weighted by Gasteiger charge is 2.27. The van der Waals surface area contributed by atoms with Gasteiger partial charge in [-0.1, -0.05) is 0 Å². The molecule has 0 saturated carbocycles. The molecule has 4 nitrogen and oxygen atoms in total. The first-order chi connectivity index (χ1) is 6.94. The monoisotopic (exact) mass is 250 g/mol. The molecule has 1 fully saturated rings. The average Bonchev–Trinajstić information content (AvgIpc) is 1.99. The van der Waals surface area contributed by atoms with Crippen LogP contribution in [-0.2, 0) is 9.53 Å². The lowest BCUT2D eigenvalue weighted by Gasteiger charge is -2.30. The predicted molar refractivity (Wildman–Crippen MR) is 66.9 cm³/mol. The van der Waals surface area contributed by atoms with E-state index in [-0.39, 0.29) is 35.9 Å². The molecule has 1 atom stereocenters. The molecule has 16 heavy (non-hydrogen) atoms. The molecule has 2 N–H and O–H groups in total. The molecule has 0 aromatic rings. The van der Waals surface area contributed by atoms with Crippen molar-refractivity contribution in [1.82, 2.24) is 10.6 Å². The lowest BCUT2D eigenvalue weighted by molar-refractivity contribution is -0.127. The number of amides is 1. The number of halogens is 1. The van der Waals surface area contributed by atoms with Crippen LogP contribution in [0.4, 0.5) is 0 Å². The molecule has 0 spiro atoms. The summed E-state index contributed by atoms with van der Waals surface area (Å²) < 4.78 is 5.33. The Morgan fingerprint density at radius 3 is 2.50 bits per heavy atom. The minimum absolute atomic E-state index is 0. The van der Waals surface area contributed by atoms with Crippen molar-refractivity contribution in [2.45, 2.75) is 38.8 Å². The van der Waals surface area contributed by atoms with Gasteiger partial charge in [0.15, 0.2) is 0 Å². The molecule has 5 heteroatoms. The number of hydrogen-bond donors (Lipinski definition) is 2. The first-order valence-corrected chi connectivity index (χ1v) is 5.51. The Morgan fingerprint density at radius 2 is 2.12 bits per heavy atom. The number of nitrogens with one attached hydrogen (secondary N) is 2. The minimum Gasteiger partial charge on any atom is -0.379 e. The van der Waals surface area contributed by atoms with Crippen LogP contribution in [0.3, 0.4) is 0 Å². The van der Waals surface area contributed by atoms with E-state index in [4.69, 9.17) is 4.74 Å². The van der Waals surface area contributed by atoms with Crippen LogP contribution in [0.2, 0.25) is 0 Å². The zero-order chi connectivity index (χ0) is 11.5. The number of carbonyl (C=O) groups excluding carboxylic acids is 1. The van der Waals surface area contributed by atoms with E-state index in [1.165, 1.54) is 0 Å². The van der Waals surface area contributed by atoms with Gasteiger partial charge in [-0.25, -0.2) is 0 Å². The Balaban J connectivity index is 0.00000225. The van der Waals surface area contributed by atoms with Gasteiger partial charge >= 0.3 is 0 Å². The fourth-order valence-electron chi connectivity index (χ4n) is 1.71. The summed E-state index contributed by atoms with van der Waals surface area (Å²) in [5.74, 6) is 0.325. The van der Waals surface area contributed by atoms with E-state index in [2.05, 4.69) is 10.6 Å². The summed E-state index contributed by atoms with van der Waals surface area (Å²) in [5.41, 5.74) is -0.176. The van der Waals surface area contributed by atoms with Gasteiger partial charge in [0, 0.05) is 26.2 Å². The maximum atomic E-state index is 11.6. The maximum Gasteiger partial charge on any atom is 0.225 e. The molecule has 1 aliphatic heterocycles. The smallest absolute Gasteiger partial charge is 0.225 e. The second-order valence-electron chi connectivity index (χ2n) is 4.93. The highest BCUT2D eigenvalue weighted by molar-refractivity contribution is 5.85. The van der Waals surface area contributed by atoms with Crippen molar-refractivity contribution in [3.8, 4) is 0 Å². The topological polar surface area (TPSA) is 50.4 Å². The molecule has 1 unspecified atom stereocenters. The SMILES string of the molecule is COC(C)(C)CC(C)NC(=O)C1CNC1.Cl. The van der Waals surface area contributed by atoms with Crippen molar-refractivity contribution in [3.63, 3.8) is 0 Å². The van der Waals surface area contributed by atoms with Gasteiger partial charge < -0.3 is 15.4 Å². The summed E-state index contributed by atoms with van der Waals surface area (Å²) in [6, 6.07) is 0.160. The number of rotatable bonds is 5. The van der Waals surface area contributed by atoms with Crippen molar-refractivity contribution in [2.24, 2.45) is 5.92 Å². The Labute approximate surface area is 104 Å². The second-order valence-corrected chi connectivity index (χ2v) is 4.93. The molecule has 0 aliphatic carbocycles. The molecule has 1 heterocycles. The molecule has 1 saturated heterocycles. The quantitative estimate of drug-likeness (QED) is 0.764. The number of carbonyl (C=O) groups is 1. The van der Waals surface area contributed by atoms with Crippen LogP contribution >= 0.6 is 12.4 Å². The van der Waals surface area contributed by atoms with E-state index in [0.717, 1.165) is 19.5 Å². The largest absolute Gasteiger partial charge is 0.379 e. The highest BCUT2D eigenvalue weighted by Crippen LogP contribution is 2.15. The first kappa shape index (κ1) is 15.7. The Morgan fingerprint density at radius 1 is 1.56 bits per heavy atom. The summed E-state index contributed by atoms with van der Waals surface area (Å²) in [6.45, 7) is 7.70. The van der Waals surface area contributed by atoms with Gasteiger partial charge in [-0.3, -0.25) is 4.79 Å². The first-order valence-electron chi connectivity index (χ1n) is 5.51. The Bertz CT molecular complexity index is 230. The van der Waals surface area contributed by atoms with Gasteiger partial charge in [-0.05, 0) is 27.2 Å². The lowest BCUT2D eigenvalue weighted by atomic mass is 9.98. The fourth-order valence-corrected chi connectivity index (χ4v) is 1.71. The molecule has 0 aromatic carbocycles. The number of hydrogen-bond acceptors (Lipinski definition) is 3. The molecular weight excluding hydrogens is 228 g/mol. The fraction of sp³-hybridized carbons (Fsp3) is 0.909. The van der Waals surface area contributed by atoms with Crippen molar-refractivity contribution >= 4 is 18.3 Å². The van der Waals surface area contributed by atoms with Gasteiger partial charge in [-0.15, -0.1) is 12.4 Å². The van der Waals surface area contributed by atoms with Crippen LogP contribution in [-0.4, -0.2) is 37.7 Å². The maximum absolute atomic E-state index is 11.6. The standard InChI is InChI=1S/C11H22N2O2.ClH/c1-8(5-11(2,3)15-4)13-10(14)9-6-12-7-9;/h8-9,12H,5-7H2,1-4H3,(H,13,14);1H. The summed E-state index contributed by atoms with van der Waals surface area (Å²) in [5, 5.41) is 6.10. The van der Waals surface area contributed by atoms with Crippen molar-refractivity contribution in [1.29, 1.82) is 0 Å². The van der Waals surface area contributed by atoms with Crippen molar-refractivity contribution in [2.75, 3.05) is 20.2 Å². The molecule has 1 amide bonds. The number of ether oxygens (including phenoxy) is 1. The predicted octanol–water partition coefficient (Wildman–Crippen LogP) is 0.947. The van der Waals surface area contributed by atoms with Gasteiger partial charge in [0.1, 0.15) is 0 Å². The van der Waals surface area contributed by atoms with Crippen LogP contribution < -0.4 is 10.6 Å². The molecule has 96 valence electrons. The van der Waals surface area contributed by atoms with Crippen LogP contribution in [0, 0.1) is 5.92 Å². The molecule has 0 aromatic heterocycles. The summed E-state index contributed by atoms with van der Waals surface area (Å²) in [6.07, 6.45) is 0.829. The third-order valence-corrected chi connectivity index (χ3v) is 2.89. The zero-order valence-electron chi connectivity index (χ0n) is 10.5. The highest BCUT2D eigenvalue weighted by atomic mass is 35.5. The van der Waals surface area contributed by atoms with Crippen molar-refractivity contribution < 1.29 is 9.53 Å². The van der Waals surface area contributed by atoms with Crippen LogP contribution in [0.1, 0.15) is 27.2 Å². The third kappa shape index (κ3) is 4.68. The Kier molecular flexibility index (Phi) is 6.30. The molecular formula is C11H23ClN2O2. The van der Waals surface area contributed by atoms with Crippen LogP contribution in [0.15, 0.2) is 0 Å². The van der Waals surface area contributed by atoms with Crippen LogP contribution in [0.25, 0.3) is 0 Å². The van der Waals surface area contributed by atoms with E-state index in [0.29, 0.717) is 0 Å². The van der Waals surface area contributed by atoms with E-state index in [1.54, 1.807) is 7.11 Å². The van der Waals surface area contributed by atoms with Gasteiger partial charge in [0.05, 0.1) is 11.5 Å². The molecule has 1 rings (SSSR count). The van der Waals surface area contributed by atoms with Crippen molar-refractivity contribution in [3.05, 3.63) is 0 Å². The van der Waals surface area contributed by atoms with E-state index in [1.807, 2.05) is 20.8 Å². The number of methoxy groups -OCH3 is 1. The van der Waals surface area contributed by atoms with Crippen LogP contribution in [0.5, 0.6) is 0 Å². The molecule has 0 bridgehead atoms. The summed E-state index contributed by atoms with van der Waals surface area (Å²) in [7, 11) is 1.70. The van der Waals surface area contributed by atoms with E-state index in [9.17, 15) is 4.79 Å².